The van der Waals surface area contributed by atoms with E-state index in [1.54, 1.807) is 25.1 Å². The van der Waals surface area contributed by atoms with Gasteiger partial charge in [-0.2, -0.15) is 0 Å². The first-order valence-electron chi connectivity index (χ1n) is 8.30. The Balaban J connectivity index is 1.65. The molecule has 0 spiro atoms. The molecule has 0 saturated heterocycles. The standard InChI is InChI=1S/C20H22N2O2/c1-13-17(20(21)24)7-4-8-18(13)22-19(23)12-14-9-10-15-5-2-3-6-16(15)11-14/h2-8,14H,9-12H2,1H3,(H2,21,24)(H,22,23)/t14-/m1/s1. The highest BCUT2D eigenvalue weighted by Crippen LogP contribution is 2.28. The number of fused-ring (bicyclic) bond motifs is 1. The molecular formula is C20H22N2O2. The highest BCUT2D eigenvalue weighted by atomic mass is 16.2. The van der Waals surface area contributed by atoms with Gasteiger partial charge in [0.25, 0.3) is 0 Å². The Labute approximate surface area is 142 Å². The largest absolute Gasteiger partial charge is 0.366 e. The average Bonchev–Trinajstić information content (AvgIpc) is 2.56. The lowest BCUT2D eigenvalue weighted by Crippen LogP contribution is -2.22. The second kappa shape index (κ2) is 6.87. The van der Waals surface area contributed by atoms with E-state index in [1.807, 2.05) is 0 Å². The number of hydrogen-bond acceptors (Lipinski definition) is 2. The Hall–Kier alpha value is -2.62. The third-order valence-electron chi connectivity index (χ3n) is 4.80. The lowest BCUT2D eigenvalue weighted by molar-refractivity contribution is -0.117. The molecule has 0 radical (unpaired) electrons. The van der Waals surface area contributed by atoms with Crippen LogP contribution in [0.1, 0.15) is 39.9 Å². The summed E-state index contributed by atoms with van der Waals surface area (Å²) in [4.78, 5) is 23.8. The second-order valence-corrected chi connectivity index (χ2v) is 6.47. The van der Waals surface area contributed by atoms with Crippen LogP contribution < -0.4 is 11.1 Å². The number of benzene rings is 2. The summed E-state index contributed by atoms with van der Waals surface area (Å²) in [7, 11) is 0. The third kappa shape index (κ3) is 3.48. The normalized spacial score (nSPS) is 16.3. The Bertz CT molecular complexity index is 783. The van der Waals surface area contributed by atoms with Crippen molar-refractivity contribution >= 4 is 17.5 Å². The Morgan fingerprint density at radius 2 is 1.88 bits per heavy atom. The molecule has 0 bridgehead atoms. The molecule has 4 nitrogen and oxygen atoms in total. The number of primary amides is 1. The SMILES string of the molecule is Cc1c(NC(=O)C[C@@H]2CCc3ccccc3C2)cccc1C(N)=O. The molecule has 4 heteroatoms. The van der Waals surface area contributed by atoms with Crippen molar-refractivity contribution in [3.8, 4) is 0 Å². The van der Waals surface area contributed by atoms with Gasteiger partial charge in [0.2, 0.25) is 11.8 Å². The molecule has 1 aliphatic rings. The molecule has 124 valence electrons. The number of carbonyl (C=O) groups is 2. The van der Waals surface area contributed by atoms with Crippen molar-refractivity contribution < 1.29 is 9.59 Å². The van der Waals surface area contributed by atoms with Crippen LogP contribution in [0.15, 0.2) is 42.5 Å². The first-order valence-corrected chi connectivity index (χ1v) is 8.30. The predicted octanol–water partition coefficient (Wildman–Crippen LogP) is 3.23. The van der Waals surface area contributed by atoms with Gasteiger partial charge in [-0.25, -0.2) is 0 Å². The highest BCUT2D eigenvalue weighted by Gasteiger charge is 2.21. The first kappa shape index (κ1) is 16.2. The predicted molar refractivity (Wildman–Crippen MR) is 94.9 cm³/mol. The fourth-order valence-electron chi connectivity index (χ4n) is 3.45. The minimum atomic E-state index is -0.479. The van der Waals surface area contributed by atoms with Gasteiger partial charge >= 0.3 is 0 Å². The monoisotopic (exact) mass is 322 g/mol. The van der Waals surface area contributed by atoms with Crippen LogP contribution in [0.5, 0.6) is 0 Å². The summed E-state index contributed by atoms with van der Waals surface area (Å²) in [5.41, 5.74) is 9.93. The van der Waals surface area contributed by atoms with Gasteiger partial charge in [0, 0.05) is 17.7 Å². The second-order valence-electron chi connectivity index (χ2n) is 6.47. The zero-order chi connectivity index (χ0) is 17.1. The van der Waals surface area contributed by atoms with Gasteiger partial charge in [-0.1, -0.05) is 30.3 Å². The van der Waals surface area contributed by atoms with Gasteiger partial charge in [-0.3, -0.25) is 9.59 Å². The van der Waals surface area contributed by atoms with Gasteiger partial charge in [0.1, 0.15) is 0 Å². The van der Waals surface area contributed by atoms with Gasteiger partial charge in [-0.05, 0) is 60.9 Å². The number of hydrogen-bond donors (Lipinski definition) is 2. The van der Waals surface area contributed by atoms with E-state index in [0.717, 1.165) is 19.3 Å². The van der Waals surface area contributed by atoms with Crippen molar-refractivity contribution in [2.75, 3.05) is 5.32 Å². The molecule has 3 rings (SSSR count). The summed E-state index contributed by atoms with van der Waals surface area (Å²) in [6.07, 6.45) is 3.51. The van der Waals surface area contributed by atoms with Crippen molar-refractivity contribution in [3.63, 3.8) is 0 Å². The van der Waals surface area contributed by atoms with Crippen LogP contribution in [0.3, 0.4) is 0 Å². The average molecular weight is 322 g/mol. The van der Waals surface area contributed by atoms with E-state index in [1.165, 1.54) is 11.1 Å². The number of carbonyl (C=O) groups excluding carboxylic acids is 2. The molecule has 2 aromatic carbocycles. The minimum absolute atomic E-state index is 0.0101. The summed E-state index contributed by atoms with van der Waals surface area (Å²) in [6.45, 7) is 1.80. The van der Waals surface area contributed by atoms with E-state index in [4.69, 9.17) is 5.73 Å². The maximum absolute atomic E-state index is 12.4. The van der Waals surface area contributed by atoms with Crippen LogP contribution in [-0.2, 0) is 17.6 Å². The fraction of sp³-hybridized carbons (Fsp3) is 0.300. The lowest BCUT2D eigenvalue weighted by atomic mass is 9.82. The summed E-state index contributed by atoms with van der Waals surface area (Å²) < 4.78 is 0. The topological polar surface area (TPSA) is 72.2 Å². The number of nitrogens with two attached hydrogens (primary N) is 1. The molecule has 0 fully saturated rings. The van der Waals surface area contributed by atoms with E-state index < -0.39 is 5.91 Å². The van der Waals surface area contributed by atoms with Crippen LogP contribution in [0, 0.1) is 12.8 Å². The van der Waals surface area contributed by atoms with Crippen LogP contribution in [0.2, 0.25) is 0 Å². The van der Waals surface area contributed by atoms with E-state index in [9.17, 15) is 9.59 Å². The summed E-state index contributed by atoms with van der Waals surface area (Å²) in [5, 5.41) is 2.93. The fourth-order valence-corrected chi connectivity index (χ4v) is 3.45. The van der Waals surface area contributed by atoms with Crippen LogP contribution >= 0.6 is 0 Å². The molecule has 0 aliphatic heterocycles. The molecule has 1 aliphatic carbocycles. The van der Waals surface area contributed by atoms with E-state index in [2.05, 4.69) is 29.6 Å². The number of rotatable bonds is 4. The van der Waals surface area contributed by atoms with Crippen molar-refractivity contribution in [2.24, 2.45) is 11.7 Å². The molecule has 0 unspecified atom stereocenters. The zero-order valence-corrected chi connectivity index (χ0v) is 13.8. The maximum Gasteiger partial charge on any atom is 0.249 e. The van der Waals surface area contributed by atoms with E-state index >= 15 is 0 Å². The van der Waals surface area contributed by atoms with Crippen LogP contribution in [-0.4, -0.2) is 11.8 Å². The quantitative estimate of drug-likeness (QED) is 0.907. The molecule has 3 N–H and O–H groups in total. The van der Waals surface area contributed by atoms with Crippen molar-refractivity contribution in [1.29, 1.82) is 0 Å². The molecule has 1 atom stereocenters. The summed E-state index contributed by atoms with van der Waals surface area (Å²) >= 11 is 0. The molecular weight excluding hydrogens is 300 g/mol. The number of aryl methyl sites for hydroxylation is 1. The molecule has 2 aromatic rings. The molecule has 0 aromatic heterocycles. The molecule has 2 amide bonds. The first-order chi connectivity index (χ1) is 11.5. The highest BCUT2D eigenvalue weighted by molar-refractivity contribution is 5.98. The van der Waals surface area contributed by atoms with Crippen LogP contribution in [0.4, 0.5) is 5.69 Å². The Morgan fingerprint density at radius 1 is 1.12 bits per heavy atom. The van der Waals surface area contributed by atoms with E-state index in [-0.39, 0.29) is 5.91 Å². The Morgan fingerprint density at radius 3 is 2.62 bits per heavy atom. The zero-order valence-electron chi connectivity index (χ0n) is 13.8. The lowest BCUT2D eigenvalue weighted by Gasteiger charge is -2.24. The third-order valence-corrected chi connectivity index (χ3v) is 4.80. The van der Waals surface area contributed by atoms with Crippen LogP contribution in [0.25, 0.3) is 0 Å². The van der Waals surface area contributed by atoms with Gasteiger partial charge in [0.05, 0.1) is 0 Å². The molecule has 0 heterocycles. The van der Waals surface area contributed by atoms with Gasteiger partial charge in [0.15, 0.2) is 0 Å². The van der Waals surface area contributed by atoms with E-state index in [0.29, 0.717) is 29.2 Å². The Kier molecular flexibility index (Phi) is 4.65. The smallest absolute Gasteiger partial charge is 0.249 e. The number of nitrogens with one attached hydrogen (secondary N) is 1. The number of anilines is 1. The summed E-state index contributed by atoms with van der Waals surface area (Å²) in [5.74, 6) is -0.129. The van der Waals surface area contributed by atoms with Gasteiger partial charge in [-0.15, -0.1) is 0 Å². The minimum Gasteiger partial charge on any atom is -0.366 e. The van der Waals surface area contributed by atoms with Crippen molar-refractivity contribution in [3.05, 3.63) is 64.7 Å². The molecule has 0 saturated carbocycles. The van der Waals surface area contributed by atoms with Gasteiger partial charge < -0.3 is 11.1 Å². The number of amides is 2. The van der Waals surface area contributed by atoms with Crippen molar-refractivity contribution in [2.45, 2.75) is 32.6 Å². The molecule has 24 heavy (non-hydrogen) atoms. The maximum atomic E-state index is 12.4. The van der Waals surface area contributed by atoms with Crippen molar-refractivity contribution in [1.82, 2.24) is 0 Å². The summed E-state index contributed by atoms with van der Waals surface area (Å²) in [6, 6.07) is 13.7.